The lowest BCUT2D eigenvalue weighted by Crippen LogP contribution is -2.11. The van der Waals surface area contributed by atoms with Crippen molar-refractivity contribution in [1.29, 1.82) is 0 Å². The van der Waals surface area contributed by atoms with Crippen LogP contribution in [0.4, 0.5) is 0 Å². The van der Waals surface area contributed by atoms with Crippen molar-refractivity contribution in [2.75, 3.05) is 0 Å². The Morgan fingerprint density at radius 1 is 1.57 bits per heavy atom. The van der Waals surface area contributed by atoms with E-state index in [1.54, 1.807) is 0 Å². The second kappa shape index (κ2) is 3.68. The lowest BCUT2D eigenvalue weighted by molar-refractivity contribution is 0.718. The summed E-state index contributed by atoms with van der Waals surface area (Å²) >= 11 is 1.91. The van der Waals surface area contributed by atoms with Gasteiger partial charge in [-0.25, -0.2) is 0 Å². The summed E-state index contributed by atoms with van der Waals surface area (Å²) < 4.78 is 0. The van der Waals surface area contributed by atoms with Crippen molar-refractivity contribution in [3.63, 3.8) is 0 Å². The zero-order valence-corrected chi connectivity index (χ0v) is 9.40. The van der Waals surface area contributed by atoms with Gasteiger partial charge in [-0.3, -0.25) is 0 Å². The van der Waals surface area contributed by atoms with Crippen molar-refractivity contribution in [3.8, 4) is 0 Å². The highest BCUT2D eigenvalue weighted by Crippen LogP contribution is 2.46. The first-order chi connectivity index (χ1) is 6.70. The normalized spacial score (nSPS) is 29.3. The van der Waals surface area contributed by atoms with Crippen LogP contribution in [0.25, 0.3) is 0 Å². The molecule has 14 heavy (non-hydrogen) atoms. The standard InChI is InChI=1S/C13H14S/c1-9(2)13-10(3)11-7-5-4-6-8-12(11)14-13/h4-5,7-8,10,13H,1H2,2-3H3. The van der Waals surface area contributed by atoms with Crippen LogP contribution in [0, 0.1) is 5.92 Å². The number of thioether (sulfide) groups is 1. The van der Waals surface area contributed by atoms with Crippen molar-refractivity contribution in [1.82, 2.24) is 0 Å². The summed E-state index contributed by atoms with van der Waals surface area (Å²) in [6, 6.07) is 0. The lowest BCUT2D eigenvalue weighted by Gasteiger charge is -2.15. The Kier molecular flexibility index (Phi) is 2.54. The predicted molar refractivity (Wildman–Crippen MR) is 64.2 cm³/mol. The molecular weight excluding hydrogens is 188 g/mol. The number of allylic oxidation sites excluding steroid dienone is 4. The molecule has 0 radical (unpaired) electrons. The lowest BCUT2D eigenvalue weighted by atomic mass is 9.94. The van der Waals surface area contributed by atoms with Crippen LogP contribution < -0.4 is 0 Å². The molecule has 0 aromatic rings. The third-order valence-electron chi connectivity index (χ3n) is 2.65. The Bertz CT molecular complexity index is 389. The molecular formula is C13H14S. The van der Waals surface area contributed by atoms with Crippen LogP contribution in [-0.4, -0.2) is 5.25 Å². The van der Waals surface area contributed by atoms with Gasteiger partial charge in [-0.15, -0.1) is 17.5 Å². The molecule has 2 atom stereocenters. The van der Waals surface area contributed by atoms with Gasteiger partial charge >= 0.3 is 0 Å². The van der Waals surface area contributed by atoms with Crippen LogP contribution in [0.5, 0.6) is 0 Å². The second-order valence-corrected chi connectivity index (χ2v) is 5.01. The van der Waals surface area contributed by atoms with Gasteiger partial charge in [-0.1, -0.05) is 31.2 Å². The van der Waals surface area contributed by atoms with E-state index in [-0.39, 0.29) is 0 Å². The van der Waals surface area contributed by atoms with Gasteiger partial charge in [0.05, 0.1) is 0 Å². The molecule has 0 aromatic carbocycles. The topological polar surface area (TPSA) is 0 Å². The fraction of sp³-hybridized carbons (Fsp3) is 0.308. The summed E-state index contributed by atoms with van der Waals surface area (Å²) in [7, 11) is 0. The first kappa shape index (κ1) is 9.64. The zero-order chi connectivity index (χ0) is 10.1. The summed E-state index contributed by atoms with van der Waals surface area (Å²) in [6.45, 7) is 8.45. The third-order valence-corrected chi connectivity index (χ3v) is 4.32. The van der Waals surface area contributed by atoms with E-state index in [1.165, 1.54) is 16.1 Å². The van der Waals surface area contributed by atoms with Gasteiger partial charge in [0.25, 0.3) is 0 Å². The van der Waals surface area contributed by atoms with E-state index in [4.69, 9.17) is 0 Å². The minimum atomic E-state index is 0.542. The zero-order valence-electron chi connectivity index (χ0n) is 8.58. The largest absolute Gasteiger partial charge is 0.120 e. The Balaban J connectivity index is 2.34. The van der Waals surface area contributed by atoms with E-state index in [2.05, 4.69) is 44.4 Å². The molecule has 0 aromatic heterocycles. The van der Waals surface area contributed by atoms with E-state index in [1.807, 2.05) is 17.8 Å². The highest BCUT2D eigenvalue weighted by atomic mass is 32.2. The van der Waals surface area contributed by atoms with Crippen LogP contribution in [0.3, 0.4) is 0 Å². The molecule has 2 rings (SSSR count). The van der Waals surface area contributed by atoms with Gasteiger partial charge in [-0.2, -0.15) is 0 Å². The van der Waals surface area contributed by atoms with Gasteiger partial charge in [0.15, 0.2) is 0 Å². The van der Waals surface area contributed by atoms with Crippen molar-refractivity contribution in [2.24, 2.45) is 5.92 Å². The van der Waals surface area contributed by atoms with Crippen molar-refractivity contribution in [2.45, 2.75) is 19.1 Å². The first-order valence-corrected chi connectivity index (χ1v) is 5.73. The van der Waals surface area contributed by atoms with Crippen LogP contribution >= 0.6 is 11.8 Å². The SMILES string of the molecule is C=C(C)C1SC2=C(C=CC=C=C2)C1C. The van der Waals surface area contributed by atoms with Gasteiger partial charge in [0, 0.05) is 10.2 Å². The predicted octanol–water partition coefficient (Wildman–Crippen LogP) is 3.85. The minimum absolute atomic E-state index is 0.542. The van der Waals surface area contributed by atoms with E-state index in [9.17, 15) is 0 Å². The third kappa shape index (κ3) is 1.54. The van der Waals surface area contributed by atoms with Crippen molar-refractivity contribution in [3.05, 3.63) is 52.7 Å². The molecule has 1 aliphatic carbocycles. The fourth-order valence-corrected chi connectivity index (χ4v) is 3.26. The molecule has 1 heteroatoms. The summed E-state index contributed by atoms with van der Waals surface area (Å²) in [5, 5.41) is 0.542. The molecule has 1 heterocycles. The summed E-state index contributed by atoms with van der Waals surface area (Å²) in [6.07, 6.45) is 8.31. The van der Waals surface area contributed by atoms with Crippen molar-refractivity contribution < 1.29 is 0 Å². The highest BCUT2D eigenvalue weighted by Gasteiger charge is 2.30. The molecule has 0 fully saturated rings. The molecule has 0 nitrogen and oxygen atoms in total. The molecule has 2 unspecified atom stereocenters. The summed E-state index contributed by atoms with van der Waals surface area (Å²) in [5.41, 5.74) is 5.85. The smallest absolute Gasteiger partial charge is 0.0365 e. The summed E-state index contributed by atoms with van der Waals surface area (Å²) in [5.74, 6) is 0.577. The molecule has 72 valence electrons. The highest BCUT2D eigenvalue weighted by molar-refractivity contribution is 8.04. The Hall–Kier alpha value is -0.910. The minimum Gasteiger partial charge on any atom is -0.120 e. The van der Waals surface area contributed by atoms with Gasteiger partial charge in [-0.05, 0) is 30.6 Å². The van der Waals surface area contributed by atoms with Crippen LogP contribution in [0.15, 0.2) is 52.7 Å². The number of hydrogen-bond acceptors (Lipinski definition) is 1. The molecule has 1 aliphatic heterocycles. The molecule has 2 aliphatic rings. The molecule has 0 saturated carbocycles. The number of hydrogen-bond donors (Lipinski definition) is 0. The molecule has 0 N–H and O–H groups in total. The Labute approximate surface area is 89.8 Å². The quantitative estimate of drug-likeness (QED) is 0.460. The monoisotopic (exact) mass is 202 g/mol. The Morgan fingerprint density at radius 2 is 2.36 bits per heavy atom. The van der Waals surface area contributed by atoms with Crippen LogP contribution in [-0.2, 0) is 0 Å². The fourth-order valence-electron chi connectivity index (χ4n) is 1.90. The Morgan fingerprint density at radius 3 is 3.07 bits per heavy atom. The summed E-state index contributed by atoms with van der Waals surface area (Å²) in [4.78, 5) is 1.36. The van der Waals surface area contributed by atoms with Crippen molar-refractivity contribution >= 4 is 11.8 Å². The van der Waals surface area contributed by atoms with E-state index in [0.717, 1.165) is 0 Å². The first-order valence-electron chi connectivity index (χ1n) is 4.85. The number of rotatable bonds is 1. The molecule has 0 bridgehead atoms. The van der Waals surface area contributed by atoms with E-state index < -0.39 is 0 Å². The van der Waals surface area contributed by atoms with E-state index >= 15 is 0 Å². The maximum atomic E-state index is 4.06. The van der Waals surface area contributed by atoms with E-state index in [0.29, 0.717) is 11.2 Å². The van der Waals surface area contributed by atoms with Crippen LogP contribution in [0.2, 0.25) is 0 Å². The average molecular weight is 202 g/mol. The second-order valence-electron chi connectivity index (χ2n) is 3.83. The van der Waals surface area contributed by atoms with Gasteiger partial charge in [0.2, 0.25) is 0 Å². The molecule has 0 amide bonds. The maximum absolute atomic E-state index is 4.06. The van der Waals surface area contributed by atoms with Gasteiger partial charge in [0.1, 0.15) is 0 Å². The van der Waals surface area contributed by atoms with Crippen LogP contribution in [0.1, 0.15) is 13.8 Å². The maximum Gasteiger partial charge on any atom is 0.0365 e. The average Bonchev–Trinajstić information content (AvgIpc) is 2.37. The van der Waals surface area contributed by atoms with Gasteiger partial charge < -0.3 is 0 Å². The molecule has 0 spiro atoms. The molecule has 0 saturated heterocycles.